The largest absolute Gasteiger partial charge is 0.478 e. The highest BCUT2D eigenvalue weighted by molar-refractivity contribution is 7.41. The van der Waals surface area contributed by atoms with Gasteiger partial charge in [-0.25, -0.2) is 15.5 Å². The van der Waals surface area contributed by atoms with Gasteiger partial charge in [-0.1, -0.05) is 97.9 Å². The Morgan fingerprint density at radius 2 is 1.35 bits per heavy atom. The number of aliphatic hydroxyl groups is 1. The normalized spacial score (nSPS) is 12.1. The number of carbonyl (C=O) groups excluding carboxylic acids is 1. The number of carboxylic acids is 1. The maximum absolute atomic E-state index is 11.5. The van der Waals surface area contributed by atoms with Gasteiger partial charge in [0.1, 0.15) is 12.2 Å². The number of carboxylic acid groups (broad SMARTS) is 1. The van der Waals surface area contributed by atoms with Crippen molar-refractivity contribution in [3.05, 3.63) is 138 Å². The molecule has 2 unspecified atom stereocenters. The lowest BCUT2D eigenvalue weighted by molar-refractivity contribution is -0.0933. The second-order valence-corrected chi connectivity index (χ2v) is 13.8. The van der Waals surface area contributed by atoms with Gasteiger partial charge in [-0.3, -0.25) is 5.32 Å². The molecular formula is C40H50N3O10P. The number of nitrogens with one attached hydrogen (secondary N) is 1. The lowest BCUT2D eigenvalue weighted by Gasteiger charge is -2.26. The Balaban J connectivity index is 0.000000347. The average molecular weight is 764 g/mol. The minimum Gasteiger partial charge on any atom is -0.478 e. The molecule has 54 heavy (non-hydrogen) atoms. The number of hydrogen-bond acceptors (Lipinski definition) is 10. The van der Waals surface area contributed by atoms with Crippen molar-refractivity contribution < 1.29 is 48.1 Å². The van der Waals surface area contributed by atoms with Crippen molar-refractivity contribution in [3.8, 4) is 0 Å². The van der Waals surface area contributed by atoms with E-state index in [1.54, 1.807) is 32.9 Å². The van der Waals surface area contributed by atoms with Crippen molar-refractivity contribution in [3.63, 3.8) is 0 Å². The van der Waals surface area contributed by atoms with Crippen molar-refractivity contribution in [1.82, 2.24) is 4.57 Å². The second kappa shape index (κ2) is 23.2. The standard InChI is InChI=1S/C28H32NO5P.C12H15NO4.H3NO/c1-2-26(19-30)34-28(29-18-17-25-15-9-10-16-27(25)29)22-33-35(31-20-23-11-5-3-6-12-23)32-21-24-13-7-4-8-14-24;1-12(2,3)17-11(16)13-9-7-5-4-6-8(9)10(14)15;1-2/h3-18,26,28,30H,2,19-22H2,1H3;4-7H,1-3H3,(H,13,16)(H,14,15);2H,1H2. The Labute approximate surface area is 317 Å². The molecule has 0 spiro atoms. The van der Waals surface area contributed by atoms with E-state index in [4.69, 9.17) is 33.4 Å². The van der Waals surface area contributed by atoms with Crippen LogP contribution >= 0.6 is 8.60 Å². The Bertz CT molecular complexity index is 1770. The first kappa shape index (κ1) is 43.7. The van der Waals surface area contributed by atoms with Crippen molar-refractivity contribution in [1.29, 1.82) is 0 Å². The Morgan fingerprint density at radius 3 is 1.91 bits per heavy atom. The smallest absolute Gasteiger partial charge is 0.412 e. The van der Waals surface area contributed by atoms with Crippen LogP contribution in [0.15, 0.2) is 121 Å². The van der Waals surface area contributed by atoms with Gasteiger partial charge in [0.2, 0.25) is 0 Å². The van der Waals surface area contributed by atoms with Crippen LogP contribution in [0.5, 0.6) is 0 Å². The Morgan fingerprint density at radius 1 is 0.796 bits per heavy atom. The molecule has 1 amide bonds. The fourth-order valence-corrected chi connectivity index (χ4v) is 5.84. The van der Waals surface area contributed by atoms with E-state index in [-0.39, 0.29) is 30.6 Å². The summed E-state index contributed by atoms with van der Waals surface area (Å²) in [6.07, 6.45) is 1.26. The van der Waals surface area contributed by atoms with Gasteiger partial charge in [0.25, 0.3) is 0 Å². The van der Waals surface area contributed by atoms with Gasteiger partial charge in [-0.2, -0.15) is 0 Å². The predicted octanol–water partition coefficient (Wildman–Crippen LogP) is 8.67. The minimum absolute atomic E-state index is 0.0263. The quantitative estimate of drug-likeness (QED) is 0.0479. The molecule has 2 atom stereocenters. The number of aromatic carboxylic acids is 1. The summed E-state index contributed by atoms with van der Waals surface area (Å²) in [4.78, 5) is 22.4. The second-order valence-electron chi connectivity index (χ2n) is 12.6. The lowest BCUT2D eigenvalue weighted by Crippen LogP contribution is -2.27. The number of ether oxygens (including phenoxy) is 2. The molecule has 0 fully saturated rings. The van der Waals surface area contributed by atoms with Gasteiger partial charge in [-0.05, 0) is 68.0 Å². The molecule has 0 aliphatic heterocycles. The van der Waals surface area contributed by atoms with Crippen LogP contribution in [0, 0.1) is 0 Å². The molecular weight excluding hydrogens is 713 g/mol. The number of aromatic nitrogens is 1. The number of aliphatic hydroxyl groups excluding tert-OH is 1. The molecule has 0 aliphatic rings. The summed E-state index contributed by atoms with van der Waals surface area (Å²) in [5.41, 5.74) is 2.74. The topological polar surface area (TPSA) is 184 Å². The van der Waals surface area contributed by atoms with Crippen LogP contribution in [-0.2, 0) is 36.3 Å². The van der Waals surface area contributed by atoms with E-state index in [1.807, 2.05) is 103 Å². The van der Waals surface area contributed by atoms with Crippen molar-refractivity contribution in [2.45, 2.75) is 65.3 Å². The summed E-state index contributed by atoms with van der Waals surface area (Å²) in [6.45, 7) is 8.11. The third-order valence-electron chi connectivity index (χ3n) is 7.42. The summed E-state index contributed by atoms with van der Waals surface area (Å²) >= 11 is 0. The zero-order chi connectivity index (χ0) is 39.3. The molecule has 13 nitrogen and oxygen atoms in total. The van der Waals surface area contributed by atoms with E-state index < -0.39 is 32.5 Å². The maximum atomic E-state index is 11.5. The lowest BCUT2D eigenvalue weighted by atomic mass is 10.2. The first-order chi connectivity index (χ1) is 26.1. The average Bonchev–Trinajstić information content (AvgIpc) is 3.61. The molecule has 0 aliphatic carbocycles. The molecule has 1 aromatic heterocycles. The molecule has 1 heterocycles. The summed E-state index contributed by atoms with van der Waals surface area (Å²) in [5.74, 6) is 2.40. The first-order valence-corrected chi connectivity index (χ1v) is 18.3. The summed E-state index contributed by atoms with van der Waals surface area (Å²) in [6, 6.07) is 36.2. The molecule has 6 N–H and O–H groups in total. The summed E-state index contributed by atoms with van der Waals surface area (Å²) < 4.78 is 31.7. The number of rotatable bonds is 16. The molecule has 0 radical (unpaired) electrons. The molecule has 0 bridgehead atoms. The Hall–Kier alpha value is -4.69. The van der Waals surface area contributed by atoms with E-state index in [9.17, 15) is 14.7 Å². The SMILES string of the molecule is CC(C)(C)OC(=O)Nc1ccccc1C(=O)O.CCC(CO)OC(COP(OCc1ccccc1)OCc1ccccc1)n1ccc2ccccc21.NO. The number of carbonyl (C=O) groups is 2. The number of amides is 1. The number of benzene rings is 4. The van der Waals surface area contributed by atoms with Crippen LogP contribution in [0.3, 0.4) is 0 Å². The molecule has 14 heteroatoms. The van der Waals surface area contributed by atoms with E-state index in [0.717, 1.165) is 22.0 Å². The van der Waals surface area contributed by atoms with Gasteiger partial charge >= 0.3 is 20.7 Å². The number of para-hydroxylation sites is 2. The predicted molar refractivity (Wildman–Crippen MR) is 208 cm³/mol. The van der Waals surface area contributed by atoms with Crippen LogP contribution in [0.25, 0.3) is 10.9 Å². The van der Waals surface area contributed by atoms with Crippen molar-refractivity contribution >= 4 is 37.3 Å². The monoisotopic (exact) mass is 763 g/mol. The van der Waals surface area contributed by atoms with Gasteiger partial charge in [0, 0.05) is 6.20 Å². The van der Waals surface area contributed by atoms with Gasteiger partial charge in [-0.15, -0.1) is 0 Å². The van der Waals surface area contributed by atoms with E-state index in [0.29, 0.717) is 19.6 Å². The molecule has 0 saturated carbocycles. The number of nitrogens with two attached hydrogens (primary N) is 1. The van der Waals surface area contributed by atoms with Crippen LogP contribution in [0.2, 0.25) is 0 Å². The highest BCUT2D eigenvalue weighted by Gasteiger charge is 2.23. The van der Waals surface area contributed by atoms with Crippen molar-refractivity contribution in [2.24, 2.45) is 5.90 Å². The van der Waals surface area contributed by atoms with E-state index in [2.05, 4.69) is 17.3 Å². The van der Waals surface area contributed by atoms with Crippen molar-refractivity contribution in [2.75, 3.05) is 18.5 Å². The van der Waals surface area contributed by atoms with Crippen LogP contribution < -0.4 is 11.2 Å². The van der Waals surface area contributed by atoms with Crippen LogP contribution in [-0.4, -0.2) is 57.0 Å². The molecule has 0 saturated heterocycles. The maximum Gasteiger partial charge on any atom is 0.412 e. The third-order valence-corrected chi connectivity index (χ3v) is 8.46. The molecule has 290 valence electrons. The van der Waals surface area contributed by atoms with E-state index in [1.165, 1.54) is 12.1 Å². The van der Waals surface area contributed by atoms with Crippen LogP contribution in [0.1, 0.15) is 61.8 Å². The van der Waals surface area contributed by atoms with E-state index >= 15 is 0 Å². The molecule has 4 aromatic carbocycles. The number of anilines is 1. The number of nitrogens with zero attached hydrogens (tertiary/aromatic N) is 1. The zero-order valence-electron chi connectivity index (χ0n) is 30.9. The number of fused-ring (bicyclic) bond motifs is 1. The fraction of sp³-hybridized carbons (Fsp3) is 0.300. The van der Waals surface area contributed by atoms with Gasteiger partial charge in [0.15, 0.2) is 6.23 Å². The fourth-order valence-electron chi connectivity index (χ4n) is 4.86. The summed E-state index contributed by atoms with van der Waals surface area (Å²) in [5, 5.41) is 28.7. The highest BCUT2D eigenvalue weighted by Crippen LogP contribution is 2.43. The minimum atomic E-state index is -1.65. The molecule has 5 aromatic rings. The molecule has 5 rings (SSSR count). The van der Waals surface area contributed by atoms with Crippen LogP contribution in [0.4, 0.5) is 10.5 Å². The third kappa shape index (κ3) is 15.0. The first-order valence-electron chi connectivity index (χ1n) is 17.2. The Kier molecular flexibility index (Phi) is 18.8. The van der Waals surface area contributed by atoms with Gasteiger partial charge < -0.3 is 43.0 Å². The number of hydrogen-bond donors (Lipinski definition) is 5. The highest BCUT2D eigenvalue weighted by atomic mass is 31.2. The summed E-state index contributed by atoms with van der Waals surface area (Å²) in [7, 11) is -1.65. The van der Waals surface area contributed by atoms with Gasteiger partial charge in [0.05, 0.1) is 42.7 Å². The zero-order valence-corrected chi connectivity index (χ0v) is 31.8.